The van der Waals surface area contributed by atoms with Crippen LogP contribution in [0, 0.1) is 0 Å². The molecule has 0 unspecified atom stereocenters. The summed E-state index contributed by atoms with van der Waals surface area (Å²) in [4.78, 5) is 2.64. The van der Waals surface area contributed by atoms with Crippen LogP contribution in [0.2, 0.25) is 0 Å². The lowest BCUT2D eigenvalue weighted by atomic mass is 10.2. The van der Waals surface area contributed by atoms with E-state index < -0.39 is 0 Å². The van der Waals surface area contributed by atoms with Crippen molar-refractivity contribution in [2.24, 2.45) is 0 Å². The molecule has 0 N–H and O–H groups in total. The molecule has 1 heterocycles. The van der Waals surface area contributed by atoms with Crippen molar-refractivity contribution in [2.45, 2.75) is 39.5 Å². The molecule has 0 radical (unpaired) electrons. The molecule has 1 aromatic heterocycles. The molecular weight excluding hydrogens is 208 g/mol. The van der Waals surface area contributed by atoms with Crippen LogP contribution in [0.3, 0.4) is 0 Å². The third-order valence-electron chi connectivity index (χ3n) is 2.32. The van der Waals surface area contributed by atoms with Crippen molar-refractivity contribution < 1.29 is 9.47 Å². The summed E-state index contributed by atoms with van der Waals surface area (Å²) in [5.41, 5.74) is 0. The van der Waals surface area contributed by atoms with Gasteiger partial charge in [0.2, 0.25) is 0 Å². The van der Waals surface area contributed by atoms with E-state index in [4.69, 9.17) is 9.47 Å². The van der Waals surface area contributed by atoms with Gasteiger partial charge in [-0.15, -0.1) is 11.3 Å². The number of ether oxygens (including phenoxy) is 2. The Balaban J connectivity index is 3.06. The van der Waals surface area contributed by atoms with E-state index in [1.54, 1.807) is 14.2 Å². The van der Waals surface area contributed by atoms with Gasteiger partial charge in [0.05, 0.1) is 24.0 Å². The Morgan fingerprint density at radius 1 is 0.867 bits per heavy atom. The van der Waals surface area contributed by atoms with Gasteiger partial charge in [-0.25, -0.2) is 0 Å². The predicted molar refractivity (Wildman–Crippen MR) is 65.4 cm³/mol. The lowest BCUT2D eigenvalue weighted by Crippen LogP contribution is -1.91. The molecule has 1 aromatic rings. The Labute approximate surface area is 96.2 Å². The number of rotatable bonds is 6. The van der Waals surface area contributed by atoms with E-state index in [9.17, 15) is 0 Å². The van der Waals surface area contributed by atoms with E-state index in [-0.39, 0.29) is 0 Å². The molecule has 0 spiro atoms. The second kappa shape index (κ2) is 6.01. The fourth-order valence-corrected chi connectivity index (χ4v) is 3.14. The van der Waals surface area contributed by atoms with Crippen LogP contribution in [0.5, 0.6) is 11.5 Å². The number of hydrogen-bond donors (Lipinski definition) is 0. The molecule has 0 fully saturated rings. The Kier molecular flexibility index (Phi) is 4.95. The topological polar surface area (TPSA) is 18.5 Å². The van der Waals surface area contributed by atoms with Crippen LogP contribution in [-0.4, -0.2) is 14.2 Å². The second-order valence-electron chi connectivity index (χ2n) is 3.51. The van der Waals surface area contributed by atoms with Gasteiger partial charge in [-0.1, -0.05) is 26.7 Å². The lowest BCUT2D eigenvalue weighted by molar-refractivity contribution is 0.352. The molecule has 0 aliphatic rings. The summed E-state index contributed by atoms with van der Waals surface area (Å²) in [6, 6.07) is 0. The number of hydrogen-bond acceptors (Lipinski definition) is 3. The van der Waals surface area contributed by atoms with E-state index >= 15 is 0 Å². The molecule has 0 atom stereocenters. The Bertz CT molecular complexity index is 276. The summed E-state index contributed by atoms with van der Waals surface area (Å²) in [6.45, 7) is 4.37. The van der Waals surface area contributed by atoms with E-state index in [1.165, 1.54) is 9.75 Å². The Morgan fingerprint density at radius 2 is 1.27 bits per heavy atom. The van der Waals surface area contributed by atoms with Gasteiger partial charge in [0.25, 0.3) is 0 Å². The standard InChI is InChI=1S/C12H20O2S/c1-5-7-9-11(13-3)12(14-4)10(15-9)8-6-2/h5-8H2,1-4H3. The first-order valence-corrected chi connectivity index (χ1v) is 6.32. The van der Waals surface area contributed by atoms with E-state index in [0.717, 1.165) is 37.2 Å². The summed E-state index contributed by atoms with van der Waals surface area (Å²) < 4.78 is 10.9. The molecule has 0 saturated heterocycles. The minimum Gasteiger partial charge on any atom is -0.492 e. The zero-order valence-corrected chi connectivity index (χ0v) is 10.9. The van der Waals surface area contributed by atoms with Gasteiger partial charge in [-0.2, -0.15) is 0 Å². The molecule has 0 aromatic carbocycles. The maximum atomic E-state index is 5.43. The van der Waals surface area contributed by atoms with Crippen LogP contribution in [0.4, 0.5) is 0 Å². The lowest BCUT2D eigenvalue weighted by Gasteiger charge is -2.05. The van der Waals surface area contributed by atoms with Crippen LogP contribution < -0.4 is 9.47 Å². The van der Waals surface area contributed by atoms with Crippen molar-refractivity contribution in [3.63, 3.8) is 0 Å². The molecule has 3 heteroatoms. The molecule has 86 valence electrons. The summed E-state index contributed by atoms with van der Waals surface area (Å²) in [5.74, 6) is 1.90. The van der Waals surface area contributed by atoms with Crippen LogP contribution in [0.25, 0.3) is 0 Å². The molecule has 0 bridgehead atoms. The van der Waals surface area contributed by atoms with Gasteiger partial charge >= 0.3 is 0 Å². The molecular formula is C12H20O2S. The molecule has 0 aliphatic carbocycles. The maximum Gasteiger partial charge on any atom is 0.174 e. The van der Waals surface area contributed by atoms with Crippen molar-refractivity contribution in [3.05, 3.63) is 9.75 Å². The maximum absolute atomic E-state index is 5.43. The summed E-state index contributed by atoms with van der Waals surface area (Å²) in [5, 5.41) is 0. The van der Waals surface area contributed by atoms with E-state index in [2.05, 4.69) is 13.8 Å². The van der Waals surface area contributed by atoms with E-state index in [1.807, 2.05) is 11.3 Å². The molecule has 0 saturated carbocycles. The summed E-state index contributed by atoms with van der Waals surface area (Å²) in [7, 11) is 3.44. The van der Waals surface area contributed by atoms with Gasteiger partial charge in [0, 0.05) is 0 Å². The summed E-state index contributed by atoms with van der Waals surface area (Å²) in [6.07, 6.45) is 4.44. The van der Waals surface area contributed by atoms with Crippen LogP contribution >= 0.6 is 11.3 Å². The molecule has 2 nitrogen and oxygen atoms in total. The quantitative estimate of drug-likeness (QED) is 0.739. The molecule has 0 amide bonds. The first-order chi connectivity index (χ1) is 7.28. The zero-order chi connectivity index (χ0) is 11.3. The molecule has 1 rings (SSSR count). The highest BCUT2D eigenvalue weighted by Gasteiger charge is 2.18. The number of aryl methyl sites for hydroxylation is 2. The van der Waals surface area contributed by atoms with E-state index in [0.29, 0.717) is 0 Å². The highest BCUT2D eigenvalue weighted by Crippen LogP contribution is 2.43. The van der Waals surface area contributed by atoms with Gasteiger partial charge in [0.15, 0.2) is 11.5 Å². The average Bonchev–Trinajstić information content (AvgIpc) is 2.56. The normalized spacial score (nSPS) is 10.4. The van der Waals surface area contributed by atoms with Gasteiger partial charge in [0.1, 0.15) is 0 Å². The van der Waals surface area contributed by atoms with Gasteiger partial charge in [-0.3, -0.25) is 0 Å². The van der Waals surface area contributed by atoms with Crippen molar-refractivity contribution in [2.75, 3.05) is 14.2 Å². The summed E-state index contributed by atoms with van der Waals surface area (Å²) >= 11 is 1.83. The largest absolute Gasteiger partial charge is 0.492 e. The second-order valence-corrected chi connectivity index (χ2v) is 4.70. The Morgan fingerprint density at radius 3 is 1.53 bits per heavy atom. The number of thiophene rings is 1. The number of methoxy groups -OCH3 is 2. The SMILES string of the molecule is CCCc1sc(CCC)c(OC)c1OC. The van der Waals surface area contributed by atoms with Gasteiger partial charge < -0.3 is 9.47 Å². The zero-order valence-electron chi connectivity index (χ0n) is 10.1. The third-order valence-corrected chi connectivity index (χ3v) is 3.59. The van der Waals surface area contributed by atoms with Crippen LogP contribution in [-0.2, 0) is 12.8 Å². The Hall–Kier alpha value is -0.700. The highest BCUT2D eigenvalue weighted by atomic mass is 32.1. The molecule has 15 heavy (non-hydrogen) atoms. The van der Waals surface area contributed by atoms with Crippen LogP contribution in [0.1, 0.15) is 36.4 Å². The fourth-order valence-electron chi connectivity index (χ4n) is 1.69. The fraction of sp³-hybridized carbons (Fsp3) is 0.667. The minimum atomic E-state index is 0.952. The van der Waals surface area contributed by atoms with Crippen LogP contribution in [0.15, 0.2) is 0 Å². The van der Waals surface area contributed by atoms with Crippen molar-refractivity contribution in [1.82, 2.24) is 0 Å². The average molecular weight is 228 g/mol. The predicted octanol–water partition coefficient (Wildman–Crippen LogP) is 3.67. The monoisotopic (exact) mass is 228 g/mol. The first-order valence-electron chi connectivity index (χ1n) is 5.50. The minimum absolute atomic E-state index is 0.952. The van der Waals surface area contributed by atoms with Crippen molar-refractivity contribution in [1.29, 1.82) is 0 Å². The van der Waals surface area contributed by atoms with Gasteiger partial charge in [-0.05, 0) is 12.8 Å². The first kappa shape index (κ1) is 12.4. The third kappa shape index (κ3) is 2.65. The van der Waals surface area contributed by atoms with Crippen molar-refractivity contribution >= 4 is 11.3 Å². The smallest absolute Gasteiger partial charge is 0.174 e. The molecule has 0 aliphatic heterocycles. The highest BCUT2D eigenvalue weighted by molar-refractivity contribution is 7.12. The van der Waals surface area contributed by atoms with Crippen molar-refractivity contribution in [3.8, 4) is 11.5 Å².